The van der Waals surface area contributed by atoms with E-state index in [-0.39, 0.29) is 13.0 Å². The molecule has 126 valence electrons. The first-order chi connectivity index (χ1) is 10.7. The van der Waals surface area contributed by atoms with Gasteiger partial charge < -0.3 is 9.84 Å². The fraction of sp³-hybridized carbons (Fsp3) is 0.286. The molecule has 1 rings (SSSR count). The van der Waals surface area contributed by atoms with Gasteiger partial charge in [-0.2, -0.15) is 0 Å². The molecule has 0 fully saturated rings. The number of rotatable bonds is 5. The number of hydrogen-bond acceptors (Lipinski definition) is 4. The van der Waals surface area contributed by atoms with Gasteiger partial charge in [0.05, 0.1) is 12.2 Å². The Balaban J connectivity index is 3.76. The number of aliphatic hydroxyl groups is 1. The van der Waals surface area contributed by atoms with Crippen molar-refractivity contribution in [2.75, 3.05) is 6.61 Å². The lowest BCUT2D eigenvalue weighted by Gasteiger charge is -2.11. The number of benzene rings is 1. The van der Waals surface area contributed by atoms with Gasteiger partial charge in [0.1, 0.15) is 11.3 Å². The van der Waals surface area contributed by atoms with E-state index in [0.717, 1.165) is 0 Å². The van der Waals surface area contributed by atoms with Crippen LogP contribution in [0.25, 0.3) is 5.76 Å². The maximum atomic E-state index is 13.7. The fourth-order valence-corrected chi connectivity index (χ4v) is 1.66. The average molecular weight is 338 g/mol. The second kappa shape index (κ2) is 7.21. The minimum Gasteiger partial charge on any atom is -0.506 e. The Morgan fingerprint density at radius 1 is 0.913 bits per heavy atom. The highest BCUT2D eigenvalue weighted by molar-refractivity contribution is 6.21. The number of hydrogen-bond donors (Lipinski definition) is 1. The van der Waals surface area contributed by atoms with Crippen molar-refractivity contribution in [3.8, 4) is 0 Å². The molecule has 1 N–H and O–H groups in total. The molecule has 0 amide bonds. The summed E-state index contributed by atoms with van der Waals surface area (Å²) in [6.45, 7) is 2.36. The number of aliphatic hydroxyl groups excluding tert-OH is 1. The zero-order chi connectivity index (χ0) is 17.9. The third-order valence-corrected chi connectivity index (χ3v) is 2.76. The Morgan fingerprint density at radius 3 is 1.74 bits per heavy atom. The first kappa shape index (κ1) is 18.6. The maximum absolute atomic E-state index is 13.7. The van der Waals surface area contributed by atoms with Gasteiger partial charge in [-0.1, -0.05) is 6.92 Å². The minimum atomic E-state index is -2.43. The van der Waals surface area contributed by atoms with E-state index in [1.807, 2.05) is 0 Å². The van der Waals surface area contributed by atoms with Crippen LogP contribution in [-0.2, 0) is 14.3 Å². The lowest BCUT2D eigenvalue weighted by Crippen LogP contribution is -2.19. The topological polar surface area (TPSA) is 63.6 Å². The van der Waals surface area contributed by atoms with Crippen molar-refractivity contribution in [2.24, 2.45) is 0 Å². The third kappa shape index (κ3) is 3.33. The van der Waals surface area contributed by atoms with E-state index in [1.165, 1.54) is 13.8 Å². The van der Waals surface area contributed by atoms with Crippen LogP contribution in [0.3, 0.4) is 0 Å². The van der Waals surface area contributed by atoms with E-state index in [1.54, 1.807) is 0 Å². The standard InChI is InChI=1S/C14H11F5O4/c1-3-5(20)6(14(22)23-4-2)13(21)7-8(15)10(17)12(19)11(18)9(7)16/h21H,3-4H2,1-2H3/b13-6-. The summed E-state index contributed by atoms with van der Waals surface area (Å²) in [4.78, 5) is 23.3. The van der Waals surface area contributed by atoms with Crippen LogP contribution in [0.2, 0.25) is 0 Å². The van der Waals surface area contributed by atoms with Crippen LogP contribution in [0, 0.1) is 29.1 Å². The number of carbonyl (C=O) groups excluding carboxylic acids is 2. The zero-order valence-electron chi connectivity index (χ0n) is 12.0. The highest BCUT2D eigenvalue weighted by Gasteiger charge is 2.32. The molecule has 1 aromatic carbocycles. The average Bonchev–Trinajstić information content (AvgIpc) is 2.51. The molecule has 0 aliphatic carbocycles. The molecule has 0 spiro atoms. The summed E-state index contributed by atoms with van der Waals surface area (Å²) in [7, 11) is 0. The predicted octanol–water partition coefficient (Wildman–Crippen LogP) is 3.19. The Kier molecular flexibility index (Phi) is 5.83. The van der Waals surface area contributed by atoms with E-state index < -0.39 is 57.7 Å². The molecule has 0 radical (unpaired) electrons. The smallest absolute Gasteiger partial charge is 0.345 e. The molecule has 0 heterocycles. The quantitative estimate of drug-likeness (QED) is 0.131. The van der Waals surface area contributed by atoms with Crippen LogP contribution in [-0.4, -0.2) is 23.5 Å². The van der Waals surface area contributed by atoms with Crippen molar-refractivity contribution in [3.63, 3.8) is 0 Å². The van der Waals surface area contributed by atoms with Gasteiger partial charge in [-0.3, -0.25) is 4.79 Å². The summed E-state index contributed by atoms with van der Waals surface area (Å²) < 4.78 is 71.1. The van der Waals surface area contributed by atoms with E-state index in [4.69, 9.17) is 0 Å². The second-order valence-electron chi connectivity index (χ2n) is 4.17. The number of ketones is 1. The molecular weight excluding hydrogens is 327 g/mol. The summed E-state index contributed by atoms with van der Waals surface area (Å²) in [5.74, 6) is -16.0. The molecule has 0 aromatic heterocycles. The van der Waals surface area contributed by atoms with E-state index in [0.29, 0.717) is 0 Å². The summed E-state index contributed by atoms with van der Waals surface area (Å²) in [5, 5.41) is 9.80. The monoisotopic (exact) mass is 338 g/mol. The van der Waals surface area contributed by atoms with Crippen molar-refractivity contribution >= 4 is 17.5 Å². The van der Waals surface area contributed by atoms with E-state index >= 15 is 0 Å². The highest BCUT2D eigenvalue weighted by Crippen LogP contribution is 2.29. The fourth-order valence-electron chi connectivity index (χ4n) is 1.66. The third-order valence-electron chi connectivity index (χ3n) is 2.76. The summed E-state index contributed by atoms with van der Waals surface area (Å²) in [5.41, 5.74) is -2.97. The molecule has 0 saturated heterocycles. The van der Waals surface area contributed by atoms with Crippen LogP contribution >= 0.6 is 0 Å². The lowest BCUT2D eigenvalue weighted by molar-refractivity contribution is -0.140. The van der Waals surface area contributed by atoms with Gasteiger partial charge in [0.2, 0.25) is 5.82 Å². The Hall–Kier alpha value is -2.45. The van der Waals surface area contributed by atoms with Crippen LogP contribution in [0.15, 0.2) is 5.57 Å². The van der Waals surface area contributed by atoms with Gasteiger partial charge in [0, 0.05) is 6.42 Å². The molecule has 0 aliphatic rings. The van der Waals surface area contributed by atoms with E-state index in [2.05, 4.69) is 4.74 Å². The molecule has 9 heteroatoms. The molecular formula is C14H11F5O4. The molecule has 1 aromatic rings. The van der Waals surface area contributed by atoms with Gasteiger partial charge in [-0.15, -0.1) is 0 Å². The number of carbonyl (C=O) groups is 2. The molecule has 0 saturated carbocycles. The predicted molar refractivity (Wildman–Crippen MR) is 67.7 cm³/mol. The van der Waals surface area contributed by atoms with Gasteiger partial charge in [0.15, 0.2) is 29.1 Å². The van der Waals surface area contributed by atoms with Gasteiger partial charge in [-0.05, 0) is 6.92 Å². The van der Waals surface area contributed by atoms with Crippen molar-refractivity contribution in [3.05, 3.63) is 40.2 Å². The number of ether oxygens (including phenoxy) is 1. The Labute approximate surface area is 127 Å². The second-order valence-corrected chi connectivity index (χ2v) is 4.17. The van der Waals surface area contributed by atoms with E-state index in [9.17, 15) is 36.6 Å². The van der Waals surface area contributed by atoms with Crippen molar-refractivity contribution in [2.45, 2.75) is 20.3 Å². The van der Waals surface area contributed by atoms with Gasteiger partial charge >= 0.3 is 5.97 Å². The van der Waals surface area contributed by atoms with Crippen molar-refractivity contribution in [1.82, 2.24) is 0 Å². The molecule has 0 bridgehead atoms. The maximum Gasteiger partial charge on any atom is 0.345 e. The Bertz CT molecular complexity index is 668. The lowest BCUT2D eigenvalue weighted by atomic mass is 10.0. The molecule has 0 unspecified atom stereocenters. The van der Waals surface area contributed by atoms with Crippen LogP contribution in [0.4, 0.5) is 22.0 Å². The Morgan fingerprint density at radius 2 is 1.35 bits per heavy atom. The summed E-state index contributed by atoms with van der Waals surface area (Å²) in [6, 6.07) is 0. The van der Waals surface area contributed by atoms with Crippen LogP contribution in [0.1, 0.15) is 25.8 Å². The molecule has 0 aliphatic heterocycles. The minimum absolute atomic E-state index is 0.246. The highest BCUT2D eigenvalue weighted by atomic mass is 19.2. The first-order valence-corrected chi connectivity index (χ1v) is 6.34. The molecule has 23 heavy (non-hydrogen) atoms. The van der Waals surface area contributed by atoms with Gasteiger partial charge in [-0.25, -0.2) is 26.7 Å². The van der Waals surface area contributed by atoms with Crippen LogP contribution < -0.4 is 0 Å². The van der Waals surface area contributed by atoms with Gasteiger partial charge in [0.25, 0.3) is 0 Å². The van der Waals surface area contributed by atoms with Crippen molar-refractivity contribution < 1.29 is 41.4 Å². The van der Waals surface area contributed by atoms with Crippen LogP contribution in [0.5, 0.6) is 0 Å². The molecule has 0 atom stereocenters. The van der Waals surface area contributed by atoms with Crippen molar-refractivity contribution in [1.29, 1.82) is 0 Å². The zero-order valence-corrected chi connectivity index (χ0v) is 12.0. The number of esters is 1. The molecule has 4 nitrogen and oxygen atoms in total. The summed E-state index contributed by atoms with van der Waals surface area (Å²) >= 11 is 0. The largest absolute Gasteiger partial charge is 0.506 e. The normalized spacial score (nSPS) is 12.0. The number of halogens is 5. The first-order valence-electron chi connectivity index (χ1n) is 6.34. The number of Topliss-reactive ketones (excluding diaryl/α,β-unsaturated/α-hetero) is 1. The summed E-state index contributed by atoms with van der Waals surface area (Å²) in [6.07, 6.45) is -0.381. The SMILES string of the molecule is CCOC(=O)/C(C(=O)CC)=C(\O)c1c(F)c(F)c(F)c(F)c1F.